The summed E-state index contributed by atoms with van der Waals surface area (Å²) in [5.74, 6) is 1.66. The van der Waals surface area contributed by atoms with Crippen LogP contribution in [0, 0.1) is 5.92 Å². The van der Waals surface area contributed by atoms with Crippen LogP contribution in [0.25, 0.3) is 0 Å². The van der Waals surface area contributed by atoms with Crippen molar-refractivity contribution in [1.82, 2.24) is 0 Å². The van der Waals surface area contributed by atoms with Crippen LogP contribution in [0.1, 0.15) is 31.2 Å². The second-order valence-corrected chi connectivity index (χ2v) is 4.11. The maximum atomic E-state index is 5.81. The summed E-state index contributed by atoms with van der Waals surface area (Å²) in [5.41, 5.74) is 1.43. The van der Waals surface area contributed by atoms with Crippen molar-refractivity contribution >= 4 is 11.6 Å². The lowest BCUT2D eigenvalue weighted by Gasteiger charge is -2.09. The zero-order chi connectivity index (χ0) is 8.55. The van der Waals surface area contributed by atoms with Gasteiger partial charge in [-0.3, -0.25) is 0 Å². The maximum Gasteiger partial charge on any atom is 0.0406 e. The molecule has 0 saturated heterocycles. The molecule has 0 radical (unpaired) electrons. The maximum absolute atomic E-state index is 5.81. The van der Waals surface area contributed by atoms with E-state index < -0.39 is 0 Å². The van der Waals surface area contributed by atoms with E-state index in [1.165, 1.54) is 18.4 Å². The molecule has 0 aromatic heterocycles. The Morgan fingerprint density at radius 1 is 1.25 bits per heavy atom. The van der Waals surface area contributed by atoms with Crippen molar-refractivity contribution in [3.8, 4) is 0 Å². The molecule has 0 N–H and O–H groups in total. The summed E-state index contributed by atoms with van der Waals surface area (Å²) >= 11 is 5.81. The monoisotopic (exact) mass is 180 g/mol. The standard InChI is InChI=1S/C11H13Cl/c1-8(9-2-3-9)10-4-6-11(12)7-5-10/h4-9H,2-3H2,1H3/t8-/m0/s1. The quantitative estimate of drug-likeness (QED) is 0.649. The molecule has 0 spiro atoms. The third-order valence-corrected chi connectivity index (χ3v) is 2.98. The molecule has 0 nitrogen and oxygen atoms in total. The second-order valence-electron chi connectivity index (χ2n) is 3.68. The largest absolute Gasteiger partial charge is 0.0843 e. The van der Waals surface area contributed by atoms with Gasteiger partial charge in [0.1, 0.15) is 0 Å². The Bertz CT molecular complexity index is 259. The fourth-order valence-corrected chi connectivity index (χ4v) is 1.76. The van der Waals surface area contributed by atoms with E-state index >= 15 is 0 Å². The van der Waals surface area contributed by atoms with Gasteiger partial charge >= 0.3 is 0 Å². The van der Waals surface area contributed by atoms with Gasteiger partial charge in [0.25, 0.3) is 0 Å². The summed E-state index contributed by atoms with van der Waals surface area (Å²) < 4.78 is 0. The van der Waals surface area contributed by atoms with Crippen molar-refractivity contribution < 1.29 is 0 Å². The summed E-state index contributed by atoms with van der Waals surface area (Å²) in [7, 11) is 0. The molecule has 1 saturated carbocycles. The first-order chi connectivity index (χ1) is 5.77. The van der Waals surface area contributed by atoms with Gasteiger partial charge in [-0.25, -0.2) is 0 Å². The number of halogens is 1. The van der Waals surface area contributed by atoms with Crippen LogP contribution in [-0.2, 0) is 0 Å². The fourth-order valence-electron chi connectivity index (χ4n) is 1.63. The summed E-state index contributed by atoms with van der Waals surface area (Å²) in [5, 5.41) is 0.835. The zero-order valence-electron chi connectivity index (χ0n) is 7.26. The third kappa shape index (κ3) is 1.64. The fraction of sp³-hybridized carbons (Fsp3) is 0.455. The molecule has 1 aromatic carbocycles. The highest BCUT2D eigenvalue weighted by atomic mass is 35.5. The van der Waals surface area contributed by atoms with Crippen LogP contribution in [-0.4, -0.2) is 0 Å². The first-order valence-electron chi connectivity index (χ1n) is 4.53. The van der Waals surface area contributed by atoms with Crippen molar-refractivity contribution in [3.63, 3.8) is 0 Å². The van der Waals surface area contributed by atoms with Crippen LogP contribution >= 0.6 is 11.6 Å². The van der Waals surface area contributed by atoms with Gasteiger partial charge in [0.05, 0.1) is 0 Å². The highest BCUT2D eigenvalue weighted by Gasteiger charge is 2.28. The number of benzene rings is 1. The van der Waals surface area contributed by atoms with Crippen LogP contribution < -0.4 is 0 Å². The smallest absolute Gasteiger partial charge is 0.0406 e. The van der Waals surface area contributed by atoms with Crippen molar-refractivity contribution in [2.24, 2.45) is 5.92 Å². The summed E-state index contributed by atoms with van der Waals surface area (Å²) in [4.78, 5) is 0. The Labute approximate surface area is 78.6 Å². The molecular weight excluding hydrogens is 168 g/mol. The Hall–Kier alpha value is -0.490. The molecule has 1 aromatic rings. The van der Waals surface area contributed by atoms with E-state index in [0.717, 1.165) is 16.9 Å². The van der Waals surface area contributed by atoms with E-state index in [0.29, 0.717) is 0 Å². The minimum absolute atomic E-state index is 0.724. The molecule has 1 aliphatic rings. The zero-order valence-corrected chi connectivity index (χ0v) is 8.01. The molecule has 0 bridgehead atoms. The van der Waals surface area contributed by atoms with Gasteiger partial charge in [-0.15, -0.1) is 0 Å². The molecule has 1 heteroatoms. The lowest BCUT2D eigenvalue weighted by Crippen LogP contribution is -1.94. The molecule has 0 heterocycles. The molecule has 12 heavy (non-hydrogen) atoms. The normalized spacial score (nSPS) is 19.2. The SMILES string of the molecule is C[C@H](c1ccc(Cl)cc1)C1CC1. The first-order valence-corrected chi connectivity index (χ1v) is 4.90. The molecule has 1 aliphatic carbocycles. The van der Waals surface area contributed by atoms with Crippen LogP contribution in [0.15, 0.2) is 24.3 Å². The summed E-state index contributed by atoms with van der Waals surface area (Å²) in [6.07, 6.45) is 2.81. The van der Waals surface area contributed by atoms with Crippen molar-refractivity contribution in [3.05, 3.63) is 34.9 Å². The van der Waals surface area contributed by atoms with Gasteiger partial charge in [0.15, 0.2) is 0 Å². The minimum atomic E-state index is 0.724. The van der Waals surface area contributed by atoms with Crippen molar-refractivity contribution in [1.29, 1.82) is 0 Å². The molecule has 0 amide bonds. The summed E-state index contributed by atoms with van der Waals surface area (Å²) in [6, 6.07) is 8.25. The molecular formula is C11H13Cl. The van der Waals surface area contributed by atoms with E-state index in [9.17, 15) is 0 Å². The molecule has 0 aliphatic heterocycles. The van der Waals surface area contributed by atoms with Crippen LogP contribution in [0.4, 0.5) is 0 Å². The molecule has 1 atom stereocenters. The van der Waals surface area contributed by atoms with Crippen LogP contribution in [0.2, 0.25) is 5.02 Å². The van der Waals surface area contributed by atoms with Gasteiger partial charge in [-0.05, 0) is 42.4 Å². The Balaban J connectivity index is 2.16. The van der Waals surface area contributed by atoms with Gasteiger partial charge < -0.3 is 0 Å². The topological polar surface area (TPSA) is 0 Å². The number of rotatable bonds is 2. The number of hydrogen-bond donors (Lipinski definition) is 0. The van der Waals surface area contributed by atoms with E-state index in [1.807, 2.05) is 12.1 Å². The van der Waals surface area contributed by atoms with E-state index in [1.54, 1.807) is 0 Å². The average Bonchev–Trinajstić information content (AvgIpc) is 2.87. The van der Waals surface area contributed by atoms with E-state index in [-0.39, 0.29) is 0 Å². The minimum Gasteiger partial charge on any atom is -0.0843 e. The number of hydrogen-bond acceptors (Lipinski definition) is 0. The van der Waals surface area contributed by atoms with Crippen molar-refractivity contribution in [2.45, 2.75) is 25.7 Å². The van der Waals surface area contributed by atoms with Gasteiger partial charge in [-0.2, -0.15) is 0 Å². The summed E-state index contributed by atoms with van der Waals surface area (Å²) in [6.45, 7) is 2.31. The predicted molar refractivity (Wildman–Crippen MR) is 52.6 cm³/mol. The van der Waals surface area contributed by atoms with Gasteiger partial charge in [0.2, 0.25) is 0 Å². The Morgan fingerprint density at radius 3 is 2.33 bits per heavy atom. The molecule has 64 valence electrons. The molecule has 2 rings (SSSR count). The predicted octanol–water partition coefficient (Wildman–Crippen LogP) is 3.85. The van der Waals surface area contributed by atoms with Gasteiger partial charge in [-0.1, -0.05) is 30.7 Å². The Kier molecular flexibility index (Phi) is 2.10. The first kappa shape index (κ1) is 8.12. The second kappa shape index (κ2) is 3.10. The van der Waals surface area contributed by atoms with Crippen LogP contribution in [0.5, 0.6) is 0 Å². The molecule has 0 unspecified atom stereocenters. The van der Waals surface area contributed by atoms with E-state index in [4.69, 9.17) is 11.6 Å². The average molecular weight is 181 g/mol. The lowest BCUT2D eigenvalue weighted by molar-refractivity contribution is 0.664. The third-order valence-electron chi connectivity index (χ3n) is 2.72. The highest BCUT2D eigenvalue weighted by Crippen LogP contribution is 2.42. The van der Waals surface area contributed by atoms with Gasteiger partial charge in [0, 0.05) is 5.02 Å². The Morgan fingerprint density at radius 2 is 1.83 bits per heavy atom. The highest BCUT2D eigenvalue weighted by molar-refractivity contribution is 6.30. The van der Waals surface area contributed by atoms with Crippen molar-refractivity contribution in [2.75, 3.05) is 0 Å². The molecule has 1 fully saturated rings. The van der Waals surface area contributed by atoms with Crippen LogP contribution in [0.3, 0.4) is 0 Å². The van der Waals surface area contributed by atoms with E-state index in [2.05, 4.69) is 19.1 Å². The lowest BCUT2D eigenvalue weighted by atomic mass is 9.97.